The molecule has 4 nitrogen and oxygen atoms in total. The molecule has 4 heteroatoms. The summed E-state index contributed by atoms with van der Waals surface area (Å²) in [5, 5.41) is 6.29. The number of amides is 1. The van der Waals surface area contributed by atoms with Crippen molar-refractivity contribution in [2.45, 2.75) is 45.4 Å². The van der Waals surface area contributed by atoms with Gasteiger partial charge in [-0.1, -0.05) is 26.0 Å². The first-order chi connectivity index (χ1) is 9.65. The Labute approximate surface area is 120 Å². The zero-order chi connectivity index (χ0) is 14.4. The lowest BCUT2D eigenvalue weighted by atomic mass is 10.1. The van der Waals surface area contributed by atoms with Crippen LogP contribution < -0.4 is 10.6 Å². The van der Waals surface area contributed by atoms with Crippen LogP contribution in [0.15, 0.2) is 24.3 Å². The molecule has 1 aliphatic rings. The molecule has 2 rings (SSSR count). The summed E-state index contributed by atoms with van der Waals surface area (Å²) in [6.07, 6.45) is 2.33. The van der Waals surface area contributed by atoms with E-state index in [1.807, 2.05) is 24.3 Å². The van der Waals surface area contributed by atoms with Crippen molar-refractivity contribution in [3.63, 3.8) is 0 Å². The first kappa shape index (κ1) is 15.0. The van der Waals surface area contributed by atoms with Gasteiger partial charge in [-0.3, -0.25) is 4.79 Å². The Morgan fingerprint density at radius 2 is 2.10 bits per heavy atom. The molecule has 0 aliphatic carbocycles. The molecule has 0 saturated carbocycles. The molecule has 0 radical (unpaired) electrons. The van der Waals surface area contributed by atoms with Crippen LogP contribution in [-0.2, 0) is 11.3 Å². The largest absolute Gasteiger partial charge is 0.376 e. The molecular weight excluding hydrogens is 252 g/mol. The van der Waals surface area contributed by atoms with Crippen LogP contribution in [0.5, 0.6) is 0 Å². The summed E-state index contributed by atoms with van der Waals surface area (Å²) >= 11 is 0. The molecule has 0 bridgehead atoms. The molecular formula is C16H24N2O2. The summed E-state index contributed by atoms with van der Waals surface area (Å²) in [5.41, 5.74) is 1.89. The molecule has 1 unspecified atom stereocenters. The molecule has 2 N–H and O–H groups in total. The summed E-state index contributed by atoms with van der Waals surface area (Å²) in [5.74, 6) is -0.0242. The number of hydrogen-bond donors (Lipinski definition) is 2. The van der Waals surface area contributed by atoms with Gasteiger partial charge in [-0.15, -0.1) is 0 Å². The van der Waals surface area contributed by atoms with Crippen LogP contribution in [0.1, 0.15) is 42.6 Å². The lowest BCUT2D eigenvalue weighted by Crippen LogP contribution is -2.31. The fraction of sp³-hybridized carbons (Fsp3) is 0.562. The number of ether oxygens (including phenoxy) is 1. The Balaban J connectivity index is 1.80. The molecule has 0 spiro atoms. The van der Waals surface area contributed by atoms with Crippen LogP contribution in [0.2, 0.25) is 0 Å². The van der Waals surface area contributed by atoms with E-state index in [2.05, 4.69) is 24.5 Å². The van der Waals surface area contributed by atoms with Crippen LogP contribution in [0.25, 0.3) is 0 Å². The number of hydrogen-bond acceptors (Lipinski definition) is 3. The maximum atomic E-state index is 12.0. The highest BCUT2D eigenvalue weighted by Crippen LogP contribution is 2.11. The highest BCUT2D eigenvalue weighted by molar-refractivity contribution is 5.94. The summed E-state index contributed by atoms with van der Waals surface area (Å²) in [4.78, 5) is 12.0. The van der Waals surface area contributed by atoms with Crippen molar-refractivity contribution >= 4 is 5.91 Å². The number of rotatable bonds is 6. The first-order valence-electron chi connectivity index (χ1n) is 7.37. The normalized spacial score (nSPS) is 18.4. The quantitative estimate of drug-likeness (QED) is 0.836. The van der Waals surface area contributed by atoms with Gasteiger partial charge < -0.3 is 15.4 Å². The van der Waals surface area contributed by atoms with E-state index in [1.54, 1.807) is 0 Å². The average molecular weight is 276 g/mol. The molecule has 1 aromatic carbocycles. The third-order valence-corrected chi connectivity index (χ3v) is 3.44. The van der Waals surface area contributed by atoms with Gasteiger partial charge >= 0.3 is 0 Å². The Morgan fingerprint density at radius 1 is 1.35 bits per heavy atom. The van der Waals surface area contributed by atoms with Crippen molar-refractivity contribution in [2.24, 2.45) is 0 Å². The minimum atomic E-state index is -0.0242. The van der Waals surface area contributed by atoms with Crippen LogP contribution >= 0.6 is 0 Å². The van der Waals surface area contributed by atoms with E-state index in [4.69, 9.17) is 4.74 Å². The number of benzene rings is 1. The maximum absolute atomic E-state index is 12.0. The van der Waals surface area contributed by atoms with E-state index >= 15 is 0 Å². The van der Waals surface area contributed by atoms with Crippen LogP contribution in [0, 0.1) is 0 Å². The van der Waals surface area contributed by atoms with Crippen molar-refractivity contribution in [1.82, 2.24) is 10.6 Å². The van der Waals surface area contributed by atoms with Crippen molar-refractivity contribution in [3.8, 4) is 0 Å². The van der Waals surface area contributed by atoms with E-state index in [1.165, 1.54) is 5.56 Å². The number of carbonyl (C=O) groups is 1. The van der Waals surface area contributed by atoms with Crippen molar-refractivity contribution in [1.29, 1.82) is 0 Å². The van der Waals surface area contributed by atoms with E-state index in [9.17, 15) is 4.79 Å². The highest BCUT2D eigenvalue weighted by Gasteiger charge is 2.16. The zero-order valence-electron chi connectivity index (χ0n) is 12.3. The van der Waals surface area contributed by atoms with Crippen LogP contribution in [0.4, 0.5) is 0 Å². The molecule has 1 saturated heterocycles. The Hall–Kier alpha value is -1.39. The smallest absolute Gasteiger partial charge is 0.251 e. The van der Waals surface area contributed by atoms with E-state index in [-0.39, 0.29) is 12.0 Å². The van der Waals surface area contributed by atoms with Gasteiger partial charge in [0.25, 0.3) is 5.91 Å². The average Bonchev–Trinajstić information content (AvgIpc) is 2.96. The topological polar surface area (TPSA) is 50.4 Å². The SMILES string of the molecule is CC(C)NCc1ccc(C(=O)NCC2CCCO2)cc1. The number of carbonyl (C=O) groups excluding carboxylic acids is 1. The van der Waals surface area contributed by atoms with Crippen LogP contribution in [-0.4, -0.2) is 31.2 Å². The maximum Gasteiger partial charge on any atom is 0.251 e. The molecule has 1 fully saturated rings. The second-order valence-electron chi connectivity index (χ2n) is 5.58. The molecule has 110 valence electrons. The second kappa shape index (κ2) is 7.41. The van der Waals surface area contributed by atoms with Crippen molar-refractivity contribution in [2.75, 3.05) is 13.2 Å². The molecule has 1 heterocycles. The molecule has 1 amide bonds. The van der Waals surface area contributed by atoms with Gasteiger partial charge in [0, 0.05) is 31.3 Å². The van der Waals surface area contributed by atoms with Gasteiger partial charge in [0.1, 0.15) is 0 Å². The predicted octanol–water partition coefficient (Wildman–Crippen LogP) is 2.09. The monoisotopic (exact) mass is 276 g/mol. The minimum absolute atomic E-state index is 0.0242. The van der Waals surface area contributed by atoms with Gasteiger partial charge in [-0.25, -0.2) is 0 Å². The minimum Gasteiger partial charge on any atom is -0.376 e. The van der Waals surface area contributed by atoms with E-state index < -0.39 is 0 Å². The Morgan fingerprint density at radius 3 is 2.70 bits per heavy atom. The molecule has 0 aromatic heterocycles. The van der Waals surface area contributed by atoms with Gasteiger partial charge in [0.15, 0.2) is 0 Å². The van der Waals surface area contributed by atoms with Gasteiger partial charge in [0.2, 0.25) is 0 Å². The lowest BCUT2D eigenvalue weighted by Gasteiger charge is -2.11. The van der Waals surface area contributed by atoms with Crippen molar-refractivity contribution in [3.05, 3.63) is 35.4 Å². The first-order valence-corrected chi connectivity index (χ1v) is 7.37. The Bertz CT molecular complexity index is 423. The molecule has 1 aromatic rings. The van der Waals surface area contributed by atoms with Crippen LogP contribution in [0.3, 0.4) is 0 Å². The lowest BCUT2D eigenvalue weighted by molar-refractivity contribution is 0.0858. The standard InChI is InChI=1S/C16H24N2O2/c1-12(2)17-10-13-5-7-14(8-6-13)16(19)18-11-15-4-3-9-20-15/h5-8,12,15,17H,3-4,9-11H2,1-2H3,(H,18,19). The zero-order valence-corrected chi connectivity index (χ0v) is 12.3. The highest BCUT2D eigenvalue weighted by atomic mass is 16.5. The molecule has 1 aliphatic heterocycles. The summed E-state index contributed by atoms with van der Waals surface area (Å²) < 4.78 is 5.49. The Kier molecular flexibility index (Phi) is 5.56. The molecule has 1 atom stereocenters. The summed E-state index contributed by atoms with van der Waals surface area (Å²) in [6, 6.07) is 8.21. The summed E-state index contributed by atoms with van der Waals surface area (Å²) in [6.45, 7) is 6.49. The second-order valence-corrected chi connectivity index (χ2v) is 5.58. The molecule has 20 heavy (non-hydrogen) atoms. The van der Waals surface area contributed by atoms with E-state index in [0.29, 0.717) is 18.2 Å². The van der Waals surface area contributed by atoms with Gasteiger partial charge in [0.05, 0.1) is 6.10 Å². The fourth-order valence-corrected chi connectivity index (χ4v) is 2.21. The third-order valence-electron chi connectivity index (χ3n) is 3.44. The predicted molar refractivity (Wildman–Crippen MR) is 79.7 cm³/mol. The van der Waals surface area contributed by atoms with Gasteiger partial charge in [-0.2, -0.15) is 0 Å². The van der Waals surface area contributed by atoms with Gasteiger partial charge in [-0.05, 0) is 30.5 Å². The van der Waals surface area contributed by atoms with Crippen molar-refractivity contribution < 1.29 is 9.53 Å². The number of nitrogens with one attached hydrogen (secondary N) is 2. The summed E-state index contributed by atoms with van der Waals surface area (Å²) in [7, 11) is 0. The third kappa shape index (κ3) is 4.62. The fourth-order valence-electron chi connectivity index (χ4n) is 2.21. The van der Waals surface area contributed by atoms with E-state index in [0.717, 1.165) is 26.0 Å².